The lowest BCUT2D eigenvalue weighted by Gasteiger charge is -2.42. The van der Waals surface area contributed by atoms with Gasteiger partial charge < -0.3 is 0 Å². The molecule has 0 heterocycles. The third kappa shape index (κ3) is 2.22. The molecule has 6 aliphatic rings. The zero-order valence-corrected chi connectivity index (χ0v) is 20.9. The van der Waals surface area contributed by atoms with Crippen molar-refractivity contribution in [1.29, 1.82) is 0 Å². The standard InChI is InChI=1S/C28H28O5S2/c29-27-24-17(11-12-34(30,31)15-7-3-1-4-8-15)18-13-20-21-19-14-28(20,26(27)23(19)25(24)22(18)21)35(32,33)16-9-5-2-6-10-16/h1-10,17-26H,11-14H2/t17-,18+,19-,20-,21+,22-,23+,24-,25-,26-,28+/m1/s1. The molecule has 2 aromatic carbocycles. The fraction of sp³-hybridized carbons (Fsp3) is 0.536. The highest BCUT2D eigenvalue weighted by molar-refractivity contribution is 7.93. The van der Waals surface area contributed by atoms with Gasteiger partial charge in [0.05, 0.1) is 20.3 Å². The molecule has 7 heteroatoms. The molecule has 2 bridgehead atoms. The van der Waals surface area contributed by atoms with Crippen LogP contribution in [-0.2, 0) is 24.5 Å². The first-order valence-electron chi connectivity index (χ1n) is 12.9. The minimum absolute atomic E-state index is 0.0392. The predicted molar refractivity (Wildman–Crippen MR) is 129 cm³/mol. The van der Waals surface area contributed by atoms with Gasteiger partial charge in [-0.2, -0.15) is 0 Å². The molecule has 0 unspecified atom stereocenters. The predicted octanol–water partition coefficient (Wildman–Crippen LogP) is 3.66. The van der Waals surface area contributed by atoms with Crippen LogP contribution in [0.15, 0.2) is 70.5 Å². The van der Waals surface area contributed by atoms with Gasteiger partial charge in [0.25, 0.3) is 0 Å². The van der Waals surface area contributed by atoms with Gasteiger partial charge in [-0.3, -0.25) is 4.79 Å². The summed E-state index contributed by atoms with van der Waals surface area (Å²) in [5, 5.41) is 0. The Morgan fingerprint density at radius 3 is 2.11 bits per heavy atom. The van der Waals surface area contributed by atoms with Crippen LogP contribution < -0.4 is 0 Å². The lowest BCUT2D eigenvalue weighted by atomic mass is 9.70. The quantitative estimate of drug-likeness (QED) is 0.595. The van der Waals surface area contributed by atoms with Gasteiger partial charge in [0, 0.05) is 11.8 Å². The number of carbonyl (C=O) groups is 1. The SMILES string of the molecule is O=C1[C@@H]2[C@H](CCS(=O)(=O)c3ccccc3)[C@@H]3C[C@@H]4[C@@H]5[C@H]6C[C@@]4(S(=O)(=O)c4ccccc4)[C@@H]1[C@@H]6[C@H]2[C@H]35. The molecular weight excluding hydrogens is 480 g/mol. The molecule has 0 aliphatic heterocycles. The van der Waals surface area contributed by atoms with E-state index in [1.54, 1.807) is 48.5 Å². The minimum Gasteiger partial charge on any atom is -0.299 e. The van der Waals surface area contributed by atoms with E-state index in [1.165, 1.54) is 0 Å². The van der Waals surface area contributed by atoms with Crippen molar-refractivity contribution >= 4 is 25.5 Å². The second kappa shape index (κ2) is 6.46. The molecule has 2 aromatic rings. The second-order valence-corrected chi connectivity index (χ2v) is 16.3. The summed E-state index contributed by atoms with van der Waals surface area (Å²) in [6.07, 6.45) is 2.00. The Kier molecular flexibility index (Phi) is 3.90. The Labute approximate surface area is 206 Å². The number of carbonyl (C=O) groups excluding carboxylic acids is 1. The summed E-state index contributed by atoms with van der Waals surface area (Å²) in [5.74, 6) is 1.70. The first kappa shape index (κ1) is 21.1. The molecule has 35 heavy (non-hydrogen) atoms. The highest BCUT2D eigenvalue weighted by atomic mass is 32.2. The summed E-state index contributed by atoms with van der Waals surface area (Å²) in [5.41, 5.74) is 0. The lowest BCUT2D eigenvalue weighted by molar-refractivity contribution is -0.128. The van der Waals surface area contributed by atoms with Gasteiger partial charge in [0.2, 0.25) is 0 Å². The smallest absolute Gasteiger partial charge is 0.185 e. The first-order chi connectivity index (χ1) is 16.8. The van der Waals surface area contributed by atoms with Crippen LogP contribution >= 0.6 is 0 Å². The van der Waals surface area contributed by atoms with E-state index in [9.17, 15) is 21.6 Å². The van der Waals surface area contributed by atoms with Gasteiger partial charge in [-0.05, 0) is 90.9 Å². The molecule has 0 amide bonds. The fourth-order valence-corrected chi connectivity index (χ4v) is 14.8. The van der Waals surface area contributed by atoms with Crippen LogP contribution in [0.3, 0.4) is 0 Å². The lowest BCUT2D eigenvalue weighted by Crippen LogP contribution is -2.53. The molecule has 6 fully saturated rings. The maximum Gasteiger partial charge on any atom is 0.185 e. The van der Waals surface area contributed by atoms with E-state index >= 15 is 0 Å². The van der Waals surface area contributed by atoms with E-state index in [0.717, 1.165) is 6.42 Å². The summed E-state index contributed by atoms with van der Waals surface area (Å²) >= 11 is 0. The van der Waals surface area contributed by atoms with Crippen LogP contribution in [0.2, 0.25) is 0 Å². The molecule has 8 rings (SSSR count). The van der Waals surface area contributed by atoms with Crippen LogP contribution in [-0.4, -0.2) is 33.1 Å². The van der Waals surface area contributed by atoms with Gasteiger partial charge in [-0.15, -0.1) is 0 Å². The first-order valence-corrected chi connectivity index (χ1v) is 16.0. The van der Waals surface area contributed by atoms with Crippen LogP contribution in [0.5, 0.6) is 0 Å². The number of rotatable bonds is 6. The summed E-state index contributed by atoms with van der Waals surface area (Å²) in [6, 6.07) is 17.3. The van der Waals surface area contributed by atoms with Crippen LogP contribution in [0.1, 0.15) is 19.3 Å². The molecule has 182 valence electrons. The number of ketones is 1. The molecule has 5 nitrogen and oxygen atoms in total. The zero-order valence-electron chi connectivity index (χ0n) is 19.2. The van der Waals surface area contributed by atoms with Gasteiger partial charge in [-0.25, -0.2) is 16.8 Å². The maximum atomic E-state index is 14.2. The van der Waals surface area contributed by atoms with Crippen molar-refractivity contribution in [2.24, 2.45) is 59.2 Å². The fourth-order valence-electron chi connectivity index (χ4n) is 10.8. The second-order valence-electron chi connectivity index (χ2n) is 11.9. The Hall–Kier alpha value is -1.99. The zero-order chi connectivity index (χ0) is 23.9. The normalized spacial score (nSPS) is 45.8. The van der Waals surface area contributed by atoms with Gasteiger partial charge in [0.1, 0.15) is 5.78 Å². The van der Waals surface area contributed by atoms with Crippen LogP contribution in [0, 0.1) is 59.2 Å². The number of hydrogen-bond acceptors (Lipinski definition) is 5. The minimum atomic E-state index is -3.65. The average molecular weight is 509 g/mol. The number of sulfone groups is 2. The van der Waals surface area contributed by atoms with Crippen LogP contribution in [0.25, 0.3) is 0 Å². The Bertz CT molecular complexity index is 1470. The van der Waals surface area contributed by atoms with Crippen molar-refractivity contribution in [3.8, 4) is 0 Å². The van der Waals surface area contributed by atoms with Crippen molar-refractivity contribution < 1.29 is 21.6 Å². The monoisotopic (exact) mass is 508 g/mol. The van der Waals surface area contributed by atoms with Crippen LogP contribution in [0.4, 0.5) is 0 Å². The molecule has 0 saturated heterocycles. The molecule has 0 radical (unpaired) electrons. The van der Waals surface area contributed by atoms with Gasteiger partial charge in [0.15, 0.2) is 19.7 Å². The molecule has 6 aliphatic carbocycles. The molecule has 11 atom stereocenters. The van der Waals surface area contributed by atoms with Crippen molar-refractivity contribution in [2.45, 2.75) is 33.8 Å². The molecule has 0 aromatic heterocycles. The van der Waals surface area contributed by atoms with E-state index in [-0.39, 0.29) is 47.0 Å². The number of Topliss-reactive ketones (excluding diaryl/α,β-unsaturated/α-hetero) is 1. The Balaban J connectivity index is 1.18. The largest absolute Gasteiger partial charge is 0.299 e. The average Bonchev–Trinajstić information content (AvgIpc) is 3.64. The third-order valence-electron chi connectivity index (χ3n) is 11.3. The molecule has 0 N–H and O–H groups in total. The van der Waals surface area contributed by atoms with Crippen molar-refractivity contribution in [2.75, 3.05) is 5.75 Å². The number of benzene rings is 2. The summed E-state index contributed by atoms with van der Waals surface area (Å²) in [4.78, 5) is 14.8. The topological polar surface area (TPSA) is 85.3 Å². The molecule has 0 spiro atoms. The van der Waals surface area contributed by atoms with E-state index < -0.39 is 30.3 Å². The third-order valence-corrected chi connectivity index (χ3v) is 15.7. The number of hydrogen-bond donors (Lipinski definition) is 0. The van der Waals surface area contributed by atoms with E-state index in [2.05, 4.69) is 0 Å². The van der Waals surface area contributed by atoms with E-state index in [1.807, 2.05) is 12.1 Å². The van der Waals surface area contributed by atoms with Crippen molar-refractivity contribution in [3.05, 3.63) is 60.7 Å². The number of fused-ring (bicyclic) bond motifs is 3. The van der Waals surface area contributed by atoms with E-state index in [0.29, 0.717) is 40.4 Å². The molecule has 6 saturated carbocycles. The maximum absolute atomic E-state index is 14.2. The van der Waals surface area contributed by atoms with Crippen molar-refractivity contribution in [3.63, 3.8) is 0 Å². The molecular formula is C28H28O5S2. The summed E-state index contributed by atoms with van der Waals surface area (Å²) in [6.45, 7) is 0. The van der Waals surface area contributed by atoms with Gasteiger partial charge >= 0.3 is 0 Å². The summed E-state index contributed by atoms with van der Waals surface area (Å²) < 4.78 is 53.6. The summed E-state index contributed by atoms with van der Waals surface area (Å²) in [7, 11) is -7.05. The van der Waals surface area contributed by atoms with E-state index in [4.69, 9.17) is 0 Å². The Morgan fingerprint density at radius 2 is 1.43 bits per heavy atom. The Morgan fingerprint density at radius 1 is 0.771 bits per heavy atom. The van der Waals surface area contributed by atoms with Crippen molar-refractivity contribution in [1.82, 2.24) is 0 Å². The highest BCUT2D eigenvalue weighted by Crippen LogP contribution is 2.86. The highest BCUT2D eigenvalue weighted by Gasteiger charge is 2.88. The van der Waals surface area contributed by atoms with Gasteiger partial charge in [-0.1, -0.05) is 36.4 Å².